The minimum absolute atomic E-state index is 0.398. The number of benzene rings is 1. The maximum absolute atomic E-state index is 5.13. The summed E-state index contributed by atoms with van der Waals surface area (Å²) >= 11 is 0. The zero-order chi connectivity index (χ0) is 14.2. The van der Waals surface area contributed by atoms with Crippen LogP contribution in [0.15, 0.2) is 42.7 Å². The summed E-state index contributed by atoms with van der Waals surface area (Å²) in [5.41, 5.74) is 2.37. The summed E-state index contributed by atoms with van der Waals surface area (Å²) in [5, 5.41) is 3.36. The first-order chi connectivity index (χ1) is 9.81. The second-order valence-corrected chi connectivity index (χ2v) is 4.77. The normalized spacial score (nSPS) is 12.1. The first-order valence-corrected chi connectivity index (χ1v) is 6.88. The van der Waals surface area contributed by atoms with Crippen molar-refractivity contribution in [2.45, 2.75) is 25.3 Å². The predicted molar refractivity (Wildman–Crippen MR) is 79.9 cm³/mol. The molecule has 4 heteroatoms. The highest BCUT2D eigenvalue weighted by Gasteiger charge is 2.09. The molecule has 2 aromatic rings. The van der Waals surface area contributed by atoms with Crippen molar-refractivity contribution in [3.63, 3.8) is 0 Å². The van der Waals surface area contributed by atoms with Crippen molar-refractivity contribution in [2.24, 2.45) is 0 Å². The molecule has 0 radical (unpaired) electrons. The molecule has 1 aromatic carbocycles. The number of ether oxygens (including phenoxy) is 1. The van der Waals surface area contributed by atoms with Gasteiger partial charge in [-0.1, -0.05) is 30.3 Å². The summed E-state index contributed by atoms with van der Waals surface area (Å²) in [6.45, 7) is 0. The van der Waals surface area contributed by atoms with Gasteiger partial charge in [0.05, 0.1) is 7.11 Å². The Bertz CT molecular complexity index is 516. The smallest absolute Gasteiger partial charge is 0.216 e. The number of aromatic nitrogens is 2. The van der Waals surface area contributed by atoms with Crippen molar-refractivity contribution in [2.75, 3.05) is 14.2 Å². The minimum Gasteiger partial charge on any atom is -0.481 e. The quantitative estimate of drug-likeness (QED) is 0.839. The van der Waals surface area contributed by atoms with E-state index in [9.17, 15) is 0 Å². The van der Waals surface area contributed by atoms with Gasteiger partial charge in [0, 0.05) is 24.2 Å². The van der Waals surface area contributed by atoms with Crippen LogP contribution < -0.4 is 10.1 Å². The molecule has 0 fully saturated rings. The van der Waals surface area contributed by atoms with E-state index in [0.29, 0.717) is 11.9 Å². The molecule has 1 unspecified atom stereocenters. The molecule has 0 saturated heterocycles. The zero-order valence-electron chi connectivity index (χ0n) is 12.0. The Morgan fingerprint density at radius 2 is 2.00 bits per heavy atom. The number of methoxy groups -OCH3 is 1. The van der Waals surface area contributed by atoms with E-state index in [4.69, 9.17) is 4.74 Å². The number of likely N-dealkylation sites (N-methyl/N-ethyl adjacent to an activating group) is 1. The second kappa shape index (κ2) is 7.60. The summed E-state index contributed by atoms with van der Waals surface area (Å²) in [5.74, 6) is 0.618. The molecule has 2 rings (SSSR count). The SMILES string of the molecule is CNC(CCc1ccccc1)Cc1cc(OC)ncn1. The van der Waals surface area contributed by atoms with Crippen LogP contribution in [0.1, 0.15) is 17.7 Å². The van der Waals surface area contributed by atoms with Crippen LogP contribution >= 0.6 is 0 Å². The topological polar surface area (TPSA) is 47.0 Å². The van der Waals surface area contributed by atoms with Crippen LogP contribution in [0.3, 0.4) is 0 Å². The third-order valence-corrected chi connectivity index (χ3v) is 3.40. The van der Waals surface area contributed by atoms with E-state index in [0.717, 1.165) is 25.0 Å². The van der Waals surface area contributed by atoms with Gasteiger partial charge >= 0.3 is 0 Å². The van der Waals surface area contributed by atoms with E-state index in [1.165, 1.54) is 5.56 Å². The fourth-order valence-corrected chi connectivity index (χ4v) is 2.19. The molecule has 0 aliphatic heterocycles. The van der Waals surface area contributed by atoms with E-state index in [2.05, 4.69) is 39.6 Å². The lowest BCUT2D eigenvalue weighted by molar-refractivity contribution is 0.395. The van der Waals surface area contributed by atoms with E-state index in [1.54, 1.807) is 13.4 Å². The number of rotatable bonds is 7. The Morgan fingerprint density at radius 3 is 2.70 bits per heavy atom. The van der Waals surface area contributed by atoms with E-state index < -0.39 is 0 Å². The van der Waals surface area contributed by atoms with Crippen LogP contribution in [0.2, 0.25) is 0 Å². The summed E-state index contributed by atoms with van der Waals surface area (Å²) in [6, 6.07) is 12.8. The third-order valence-electron chi connectivity index (χ3n) is 3.40. The molecule has 1 aromatic heterocycles. The molecular weight excluding hydrogens is 250 g/mol. The Kier molecular flexibility index (Phi) is 5.50. The standard InChI is InChI=1S/C16H21N3O/c1-17-14(9-8-13-6-4-3-5-7-13)10-15-11-16(20-2)19-12-18-15/h3-7,11-12,14,17H,8-10H2,1-2H3. The summed E-state index contributed by atoms with van der Waals surface area (Å²) in [4.78, 5) is 8.33. The highest BCUT2D eigenvalue weighted by molar-refractivity contribution is 5.16. The monoisotopic (exact) mass is 271 g/mol. The maximum Gasteiger partial charge on any atom is 0.216 e. The van der Waals surface area contributed by atoms with Gasteiger partial charge in [0.1, 0.15) is 6.33 Å². The number of nitrogens with zero attached hydrogens (tertiary/aromatic N) is 2. The molecule has 4 nitrogen and oxygen atoms in total. The molecule has 1 atom stereocenters. The van der Waals surface area contributed by atoms with Gasteiger partial charge in [-0.15, -0.1) is 0 Å². The Hall–Kier alpha value is -1.94. The van der Waals surface area contributed by atoms with Gasteiger partial charge in [0.25, 0.3) is 0 Å². The molecule has 1 heterocycles. The lowest BCUT2D eigenvalue weighted by Gasteiger charge is -2.15. The summed E-state index contributed by atoms with van der Waals surface area (Å²) in [7, 11) is 3.62. The summed E-state index contributed by atoms with van der Waals surface area (Å²) < 4.78 is 5.13. The van der Waals surface area contributed by atoms with Gasteiger partial charge in [-0.05, 0) is 25.5 Å². The fraction of sp³-hybridized carbons (Fsp3) is 0.375. The van der Waals surface area contributed by atoms with Gasteiger partial charge in [-0.3, -0.25) is 0 Å². The highest BCUT2D eigenvalue weighted by Crippen LogP contribution is 2.11. The first kappa shape index (κ1) is 14.5. The molecule has 0 spiro atoms. The van der Waals surface area contributed by atoms with Crippen LogP contribution in [0, 0.1) is 0 Å². The average molecular weight is 271 g/mol. The van der Waals surface area contributed by atoms with Gasteiger partial charge < -0.3 is 10.1 Å². The fourth-order valence-electron chi connectivity index (χ4n) is 2.19. The van der Waals surface area contributed by atoms with Crippen LogP contribution in [-0.4, -0.2) is 30.2 Å². The molecule has 106 valence electrons. The number of nitrogens with one attached hydrogen (secondary N) is 1. The summed E-state index contributed by atoms with van der Waals surface area (Å²) in [6.07, 6.45) is 4.57. The van der Waals surface area contributed by atoms with Crippen LogP contribution in [0.5, 0.6) is 5.88 Å². The molecule has 0 aliphatic rings. The third kappa shape index (κ3) is 4.31. The van der Waals surface area contributed by atoms with Crippen LogP contribution in [-0.2, 0) is 12.8 Å². The lowest BCUT2D eigenvalue weighted by Crippen LogP contribution is -2.28. The maximum atomic E-state index is 5.13. The molecule has 0 saturated carbocycles. The number of hydrogen-bond acceptors (Lipinski definition) is 4. The van der Waals surface area contributed by atoms with Crippen molar-refractivity contribution in [3.05, 3.63) is 54.0 Å². The molecule has 20 heavy (non-hydrogen) atoms. The minimum atomic E-state index is 0.398. The van der Waals surface area contributed by atoms with E-state index in [1.807, 2.05) is 19.2 Å². The Labute approximate surface area is 120 Å². The Morgan fingerprint density at radius 1 is 1.20 bits per heavy atom. The van der Waals surface area contributed by atoms with Gasteiger partial charge in [-0.25, -0.2) is 9.97 Å². The predicted octanol–water partition coefficient (Wildman–Crippen LogP) is 2.25. The van der Waals surface area contributed by atoms with Crippen molar-refractivity contribution in [1.29, 1.82) is 0 Å². The zero-order valence-corrected chi connectivity index (χ0v) is 12.0. The first-order valence-electron chi connectivity index (χ1n) is 6.88. The Balaban J connectivity index is 1.91. The molecule has 0 aliphatic carbocycles. The molecule has 1 N–H and O–H groups in total. The molecular formula is C16H21N3O. The van der Waals surface area contributed by atoms with Gasteiger partial charge in [-0.2, -0.15) is 0 Å². The van der Waals surface area contributed by atoms with Crippen molar-refractivity contribution < 1.29 is 4.74 Å². The van der Waals surface area contributed by atoms with Gasteiger partial charge in [0.15, 0.2) is 0 Å². The van der Waals surface area contributed by atoms with E-state index >= 15 is 0 Å². The van der Waals surface area contributed by atoms with Crippen LogP contribution in [0.25, 0.3) is 0 Å². The van der Waals surface area contributed by atoms with Crippen molar-refractivity contribution in [1.82, 2.24) is 15.3 Å². The largest absolute Gasteiger partial charge is 0.481 e. The van der Waals surface area contributed by atoms with Crippen molar-refractivity contribution in [3.8, 4) is 5.88 Å². The average Bonchev–Trinajstić information content (AvgIpc) is 2.52. The lowest BCUT2D eigenvalue weighted by atomic mass is 10.0. The van der Waals surface area contributed by atoms with E-state index in [-0.39, 0.29) is 0 Å². The number of hydrogen-bond donors (Lipinski definition) is 1. The highest BCUT2D eigenvalue weighted by atomic mass is 16.5. The van der Waals surface area contributed by atoms with Gasteiger partial charge in [0.2, 0.25) is 5.88 Å². The van der Waals surface area contributed by atoms with Crippen LogP contribution in [0.4, 0.5) is 0 Å². The molecule has 0 bridgehead atoms. The molecule has 0 amide bonds. The number of aryl methyl sites for hydroxylation is 1. The van der Waals surface area contributed by atoms with Crippen molar-refractivity contribution >= 4 is 0 Å². The second-order valence-electron chi connectivity index (χ2n) is 4.77.